The van der Waals surface area contributed by atoms with E-state index in [2.05, 4.69) is 10.6 Å². The first-order chi connectivity index (χ1) is 11.9. The summed E-state index contributed by atoms with van der Waals surface area (Å²) in [5.74, 6) is -0.927. The molecule has 25 heavy (non-hydrogen) atoms. The minimum atomic E-state index is -1.16. The summed E-state index contributed by atoms with van der Waals surface area (Å²) in [5.41, 5.74) is 0.571. The highest BCUT2D eigenvalue weighted by atomic mass is 35.5. The number of carboxylic acids is 1. The largest absolute Gasteiger partial charge is 0.494 e. The molecule has 1 amide bonds. The number of nitrogens with one attached hydrogen (secondary N) is 2. The van der Waals surface area contributed by atoms with Crippen LogP contribution in [0.2, 0.25) is 5.02 Å². The third-order valence-corrected chi connectivity index (χ3v) is 3.55. The van der Waals surface area contributed by atoms with Gasteiger partial charge in [-0.3, -0.25) is 10.1 Å². The van der Waals surface area contributed by atoms with Gasteiger partial charge in [-0.05, 0) is 61.6 Å². The van der Waals surface area contributed by atoms with E-state index in [4.69, 9.17) is 28.6 Å². The van der Waals surface area contributed by atoms with Gasteiger partial charge in [-0.15, -0.1) is 0 Å². The second-order valence-electron chi connectivity index (χ2n) is 4.86. The Hall–Kier alpha value is -2.64. The summed E-state index contributed by atoms with van der Waals surface area (Å²) < 4.78 is 5.31. The number of ether oxygens (including phenoxy) is 1. The van der Waals surface area contributed by atoms with Crippen LogP contribution in [0.5, 0.6) is 5.75 Å². The lowest BCUT2D eigenvalue weighted by Gasteiger charge is -2.12. The van der Waals surface area contributed by atoms with Gasteiger partial charge in [0, 0.05) is 10.6 Å². The Morgan fingerprint density at radius 3 is 2.48 bits per heavy atom. The second-order valence-corrected chi connectivity index (χ2v) is 5.71. The standard InChI is InChI=1S/C17H15ClN2O4S/c1-2-24-12-6-3-10(4-7-12)15(21)20-17(25)19-14-8-5-11(18)9-13(14)16(22)23/h3-9H,2H2,1H3,(H,22,23)(H2,19,20,21,25). The van der Waals surface area contributed by atoms with Gasteiger partial charge in [0.25, 0.3) is 5.91 Å². The van der Waals surface area contributed by atoms with Crippen LogP contribution in [0.15, 0.2) is 42.5 Å². The summed E-state index contributed by atoms with van der Waals surface area (Å²) >= 11 is 10.9. The fraction of sp³-hybridized carbons (Fsp3) is 0.118. The van der Waals surface area contributed by atoms with Crippen LogP contribution in [0.25, 0.3) is 0 Å². The first-order valence-corrected chi connectivity index (χ1v) is 8.07. The first-order valence-electron chi connectivity index (χ1n) is 7.28. The number of amides is 1. The molecule has 0 aliphatic carbocycles. The molecular formula is C17H15ClN2O4S. The van der Waals surface area contributed by atoms with E-state index in [9.17, 15) is 14.7 Å². The Labute approximate surface area is 154 Å². The minimum absolute atomic E-state index is 0.0243. The van der Waals surface area contributed by atoms with Gasteiger partial charge < -0.3 is 15.2 Å². The van der Waals surface area contributed by atoms with E-state index in [-0.39, 0.29) is 21.4 Å². The number of hydrogen-bond donors (Lipinski definition) is 3. The van der Waals surface area contributed by atoms with Gasteiger partial charge in [0.2, 0.25) is 0 Å². The number of rotatable bonds is 5. The maximum Gasteiger partial charge on any atom is 0.337 e. The molecule has 0 aliphatic heterocycles. The minimum Gasteiger partial charge on any atom is -0.494 e. The highest BCUT2D eigenvalue weighted by Crippen LogP contribution is 2.20. The van der Waals surface area contributed by atoms with E-state index in [1.807, 2.05) is 6.92 Å². The van der Waals surface area contributed by atoms with Crippen molar-refractivity contribution in [2.75, 3.05) is 11.9 Å². The summed E-state index contributed by atoms with van der Waals surface area (Å²) in [5, 5.41) is 14.6. The predicted molar refractivity (Wildman–Crippen MR) is 99.7 cm³/mol. The Kier molecular flexibility index (Phi) is 6.32. The number of hydrogen-bond acceptors (Lipinski definition) is 4. The first kappa shape index (κ1) is 18.7. The van der Waals surface area contributed by atoms with Gasteiger partial charge in [0.1, 0.15) is 5.75 Å². The van der Waals surface area contributed by atoms with Crippen molar-refractivity contribution in [2.45, 2.75) is 6.92 Å². The summed E-state index contributed by atoms with van der Waals surface area (Å²) in [7, 11) is 0. The SMILES string of the molecule is CCOc1ccc(C(=O)NC(=S)Nc2ccc(Cl)cc2C(=O)O)cc1. The average Bonchev–Trinajstić information content (AvgIpc) is 2.57. The molecule has 8 heteroatoms. The molecular weight excluding hydrogens is 364 g/mol. The number of aromatic carboxylic acids is 1. The molecule has 0 fully saturated rings. The van der Waals surface area contributed by atoms with E-state index in [1.54, 1.807) is 24.3 Å². The number of benzene rings is 2. The monoisotopic (exact) mass is 378 g/mol. The van der Waals surface area contributed by atoms with Crippen LogP contribution in [0.1, 0.15) is 27.6 Å². The zero-order valence-electron chi connectivity index (χ0n) is 13.2. The Morgan fingerprint density at radius 1 is 1.20 bits per heavy atom. The van der Waals surface area contributed by atoms with Crippen LogP contribution < -0.4 is 15.4 Å². The zero-order chi connectivity index (χ0) is 18.4. The van der Waals surface area contributed by atoms with Crippen molar-refractivity contribution in [3.8, 4) is 5.75 Å². The summed E-state index contributed by atoms with van der Waals surface area (Å²) in [6.07, 6.45) is 0. The van der Waals surface area contributed by atoms with Crippen molar-refractivity contribution >= 4 is 46.5 Å². The van der Waals surface area contributed by atoms with Crippen molar-refractivity contribution < 1.29 is 19.4 Å². The highest BCUT2D eigenvalue weighted by Gasteiger charge is 2.13. The van der Waals surface area contributed by atoms with Gasteiger partial charge in [0.15, 0.2) is 5.11 Å². The number of thiocarbonyl (C=S) groups is 1. The lowest BCUT2D eigenvalue weighted by molar-refractivity contribution is 0.0697. The molecule has 6 nitrogen and oxygen atoms in total. The van der Waals surface area contributed by atoms with Crippen molar-refractivity contribution in [1.82, 2.24) is 5.32 Å². The average molecular weight is 379 g/mol. The van der Waals surface area contributed by atoms with Crippen LogP contribution in [-0.2, 0) is 0 Å². The maximum atomic E-state index is 12.2. The molecule has 0 atom stereocenters. The van der Waals surface area contributed by atoms with Crippen molar-refractivity contribution in [1.29, 1.82) is 0 Å². The van der Waals surface area contributed by atoms with E-state index < -0.39 is 11.9 Å². The van der Waals surface area contributed by atoms with Crippen LogP contribution in [-0.4, -0.2) is 28.7 Å². The van der Waals surface area contributed by atoms with E-state index >= 15 is 0 Å². The molecule has 0 aliphatic rings. The number of carbonyl (C=O) groups is 2. The fourth-order valence-corrected chi connectivity index (χ4v) is 2.38. The number of carbonyl (C=O) groups excluding carboxylic acids is 1. The van der Waals surface area contributed by atoms with Crippen LogP contribution in [0, 0.1) is 0 Å². The third kappa shape index (κ3) is 5.17. The van der Waals surface area contributed by atoms with E-state index in [0.717, 1.165) is 0 Å². The molecule has 3 N–H and O–H groups in total. The summed E-state index contributed by atoms with van der Waals surface area (Å²) in [6, 6.07) is 10.9. The Bertz CT molecular complexity index is 809. The molecule has 0 saturated heterocycles. The molecule has 0 radical (unpaired) electrons. The summed E-state index contributed by atoms with van der Waals surface area (Å²) in [4.78, 5) is 23.4. The van der Waals surface area contributed by atoms with Gasteiger partial charge >= 0.3 is 5.97 Å². The van der Waals surface area contributed by atoms with Crippen LogP contribution >= 0.6 is 23.8 Å². The molecule has 2 aromatic carbocycles. The van der Waals surface area contributed by atoms with Crippen molar-refractivity contribution in [3.05, 3.63) is 58.6 Å². The molecule has 0 bridgehead atoms. The van der Waals surface area contributed by atoms with E-state index in [1.165, 1.54) is 18.2 Å². The quantitative estimate of drug-likeness (QED) is 0.689. The molecule has 0 aromatic heterocycles. The predicted octanol–water partition coefficient (Wildman–Crippen LogP) is 3.56. The fourth-order valence-electron chi connectivity index (χ4n) is 2.00. The topological polar surface area (TPSA) is 87.7 Å². The van der Waals surface area contributed by atoms with E-state index in [0.29, 0.717) is 17.9 Å². The molecule has 2 rings (SSSR count). The smallest absolute Gasteiger partial charge is 0.337 e. The molecule has 0 saturated carbocycles. The molecule has 130 valence electrons. The Morgan fingerprint density at radius 2 is 1.88 bits per heavy atom. The third-order valence-electron chi connectivity index (χ3n) is 3.11. The molecule has 2 aromatic rings. The number of anilines is 1. The molecule has 0 heterocycles. The van der Waals surface area contributed by atoms with Crippen molar-refractivity contribution in [3.63, 3.8) is 0 Å². The lowest BCUT2D eigenvalue weighted by atomic mass is 10.2. The highest BCUT2D eigenvalue weighted by molar-refractivity contribution is 7.80. The van der Waals surface area contributed by atoms with Crippen LogP contribution in [0.3, 0.4) is 0 Å². The van der Waals surface area contributed by atoms with Crippen molar-refractivity contribution in [2.24, 2.45) is 0 Å². The maximum absolute atomic E-state index is 12.2. The van der Waals surface area contributed by atoms with Gasteiger partial charge in [0.05, 0.1) is 17.9 Å². The zero-order valence-corrected chi connectivity index (χ0v) is 14.8. The summed E-state index contributed by atoms with van der Waals surface area (Å²) in [6.45, 7) is 2.40. The van der Waals surface area contributed by atoms with Crippen LogP contribution in [0.4, 0.5) is 5.69 Å². The number of carboxylic acid groups (broad SMARTS) is 1. The lowest BCUT2D eigenvalue weighted by Crippen LogP contribution is -2.34. The van der Waals surface area contributed by atoms with Gasteiger partial charge in [-0.2, -0.15) is 0 Å². The Balaban J connectivity index is 2.05. The van der Waals surface area contributed by atoms with Gasteiger partial charge in [-0.25, -0.2) is 4.79 Å². The van der Waals surface area contributed by atoms with Gasteiger partial charge in [-0.1, -0.05) is 11.6 Å². The normalized spacial score (nSPS) is 10.0. The molecule has 0 unspecified atom stereocenters. The number of halogens is 1. The second kappa shape index (κ2) is 8.46. The molecule has 0 spiro atoms.